The lowest BCUT2D eigenvalue weighted by Crippen LogP contribution is -2.36. The first kappa shape index (κ1) is 55.9. The minimum absolute atomic E-state index is 0.0555. The van der Waals surface area contributed by atoms with Gasteiger partial charge in [-0.05, 0) is 23.8 Å². The predicted octanol–water partition coefficient (Wildman–Crippen LogP) is 2.43. The average Bonchev–Trinajstić information content (AvgIpc) is 3.61. The van der Waals surface area contributed by atoms with Crippen LogP contribution in [0.2, 0.25) is 0 Å². The van der Waals surface area contributed by atoms with E-state index in [1.165, 1.54) is 12.3 Å². The van der Waals surface area contributed by atoms with Gasteiger partial charge in [-0.15, -0.1) is 0 Å². The zero-order valence-electron chi connectivity index (χ0n) is 40.5. The number of pyridine rings is 1. The molecule has 1 atom stereocenters. The van der Waals surface area contributed by atoms with Crippen molar-refractivity contribution in [3.8, 4) is 5.75 Å². The Morgan fingerprint density at radius 3 is 1.87 bits per heavy atom. The molecule has 5 amide bonds. The first-order valence-electron chi connectivity index (χ1n) is 24.0. The van der Waals surface area contributed by atoms with Crippen molar-refractivity contribution in [2.75, 3.05) is 130 Å². The van der Waals surface area contributed by atoms with Crippen molar-refractivity contribution < 1.29 is 66.3 Å². The number of likely N-dealkylation sites (tertiary alicyclic amines) is 1. The highest BCUT2D eigenvalue weighted by molar-refractivity contribution is 6.03. The van der Waals surface area contributed by atoms with E-state index in [0.29, 0.717) is 116 Å². The fraction of sp³-hybridized carbons (Fsp3) is 0.520. The van der Waals surface area contributed by atoms with Crippen molar-refractivity contribution in [1.82, 2.24) is 25.8 Å². The molecule has 20 nitrogen and oxygen atoms in total. The lowest BCUT2D eigenvalue weighted by Gasteiger charge is -2.30. The average molecular weight is 994 g/mol. The van der Waals surface area contributed by atoms with Gasteiger partial charge in [0.2, 0.25) is 29.5 Å². The van der Waals surface area contributed by atoms with E-state index in [1.54, 1.807) is 17.9 Å². The van der Waals surface area contributed by atoms with Crippen LogP contribution in [0.3, 0.4) is 0 Å². The van der Waals surface area contributed by atoms with Crippen LogP contribution in [0.1, 0.15) is 49.3 Å². The quantitative estimate of drug-likeness (QED) is 0.0376. The number of benzene rings is 2. The molecule has 0 aliphatic carbocycles. The smallest absolute Gasteiger partial charge is 0.255 e. The molecular formula is C50H68FN7O13. The van der Waals surface area contributed by atoms with Gasteiger partial charge >= 0.3 is 0 Å². The summed E-state index contributed by atoms with van der Waals surface area (Å²) in [5, 5.41) is 8.99. The Bertz CT molecular complexity index is 2180. The molecule has 5 rings (SSSR count). The van der Waals surface area contributed by atoms with E-state index in [-0.39, 0.29) is 99.8 Å². The standard InChI is InChI=1S/C50H68FN7O13/c1-37-35-46(62)57(50(37)63)19-13-43(59)54-17-21-65-24-27-68-30-29-67-26-23-64-20-14-44(60)53-16-12-45(61)58-36-38-7-2-3-8-39(38)48(47(52)40-9-4-5-10-41(40)58)55-18-22-66-25-28-69-31-32-70-33-34-71-42-11-6-15-56-49(42)51/h2-11,15,37,55H,12-14,16-36,52H2,1H3,(H,53,60)(H,54,59)/b48-47-. The van der Waals surface area contributed by atoms with Gasteiger partial charge in [-0.2, -0.15) is 4.39 Å². The van der Waals surface area contributed by atoms with Gasteiger partial charge in [0.05, 0.1) is 116 Å². The van der Waals surface area contributed by atoms with Gasteiger partial charge in [-0.3, -0.25) is 28.9 Å². The number of carbonyl (C=O) groups excluding carboxylic acids is 5. The zero-order chi connectivity index (χ0) is 50.5. The Morgan fingerprint density at radius 1 is 0.662 bits per heavy atom. The molecule has 3 aromatic rings. The maximum Gasteiger partial charge on any atom is 0.255 e. The van der Waals surface area contributed by atoms with E-state index in [9.17, 15) is 28.4 Å². The number of anilines is 1. The highest BCUT2D eigenvalue weighted by atomic mass is 19.1. The third kappa shape index (κ3) is 19.6. The molecule has 71 heavy (non-hydrogen) atoms. The molecule has 388 valence electrons. The number of imide groups is 1. The van der Waals surface area contributed by atoms with E-state index >= 15 is 0 Å². The van der Waals surface area contributed by atoms with Gasteiger partial charge < -0.3 is 64.5 Å². The first-order chi connectivity index (χ1) is 34.6. The second-order valence-corrected chi connectivity index (χ2v) is 16.2. The summed E-state index contributed by atoms with van der Waals surface area (Å²) in [5.41, 5.74) is 11.2. The topological polar surface area (TPSA) is 241 Å². The summed E-state index contributed by atoms with van der Waals surface area (Å²) < 4.78 is 57.7. The van der Waals surface area contributed by atoms with Crippen LogP contribution in [0.25, 0.3) is 11.4 Å². The van der Waals surface area contributed by atoms with Crippen LogP contribution in [0.4, 0.5) is 10.1 Å². The number of nitrogens with two attached hydrogens (primary N) is 1. The van der Waals surface area contributed by atoms with Gasteiger partial charge in [0, 0.05) is 75.1 Å². The molecule has 2 aliphatic heterocycles. The van der Waals surface area contributed by atoms with Crippen molar-refractivity contribution in [3.63, 3.8) is 0 Å². The monoisotopic (exact) mass is 993 g/mol. The molecule has 21 heteroatoms. The number of aromatic nitrogens is 1. The Balaban J connectivity index is 0.886. The maximum absolute atomic E-state index is 13.8. The second kappa shape index (κ2) is 32.0. The molecule has 1 saturated heterocycles. The van der Waals surface area contributed by atoms with E-state index in [0.717, 1.165) is 21.7 Å². The van der Waals surface area contributed by atoms with Crippen LogP contribution in [0, 0.1) is 11.9 Å². The number of halogens is 1. The molecule has 0 radical (unpaired) electrons. The number of ether oxygens (including phenoxy) is 8. The SMILES string of the molecule is CC1CC(=O)N(CCC(=O)NCCOCCOCCOCCOCCC(=O)NCCC(=O)N2Cc3ccccc3/C(NCCOCCOCCOCCOc3cccnc3F)=C(/N)c3ccccc32)C1=O. The number of hydrogen-bond acceptors (Lipinski definition) is 16. The lowest BCUT2D eigenvalue weighted by atomic mass is 9.96. The number of nitrogens with zero attached hydrogens (tertiary/aromatic N) is 3. The summed E-state index contributed by atoms with van der Waals surface area (Å²) in [5.74, 6) is -2.03. The molecule has 2 aromatic carbocycles. The van der Waals surface area contributed by atoms with Gasteiger partial charge in [0.15, 0.2) is 5.75 Å². The fourth-order valence-electron chi connectivity index (χ4n) is 7.37. The minimum Gasteiger partial charge on any atom is -0.486 e. The molecule has 0 spiro atoms. The molecule has 0 bridgehead atoms. The van der Waals surface area contributed by atoms with Gasteiger partial charge in [-0.1, -0.05) is 49.4 Å². The summed E-state index contributed by atoms with van der Waals surface area (Å²) in [4.78, 5) is 68.6. The molecule has 1 unspecified atom stereocenters. The van der Waals surface area contributed by atoms with Crippen molar-refractivity contribution in [3.05, 3.63) is 89.5 Å². The number of fused-ring (bicyclic) bond motifs is 2. The number of para-hydroxylation sites is 1. The normalized spacial score (nSPS) is 15.5. The van der Waals surface area contributed by atoms with Gasteiger partial charge in [0.1, 0.15) is 6.61 Å². The molecule has 1 aromatic heterocycles. The number of amides is 5. The number of nitrogens with one attached hydrogen (secondary N) is 3. The largest absolute Gasteiger partial charge is 0.486 e. The Hall–Kier alpha value is -6.07. The summed E-state index contributed by atoms with van der Waals surface area (Å²) in [6.45, 7) is 7.90. The molecule has 1 fully saturated rings. The summed E-state index contributed by atoms with van der Waals surface area (Å²) in [7, 11) is 0. The van der Waals surface area contributed by atoms with Crippen molar-refractivity contribution >= 4 is 46.6 Å². The third-order valence-corrected chi connectivity index (χ3v) is 11.0. The Labute approximate surface area is 413 Å². The van der Waals surface area contributed by atoms with Crippen LogP contribution in [-0.2, 0) is 63.7 Å². The van der Waals surface area contributed by atoms with Crippen LogP contribution in [-0.4, -0.2) is 165 Å². The number of rotatable bonds is 35. The van der Waals surface area contributed by atoms with Crippen molar-refractivity contribution in [1.29, 1.82) is 0 Å². The van der Waals surface area contributed by atoms with E-state index in [2.05, 4.69) is 20.9 Å². The molecule has 5 N–H and O–H groups in total. The zero-order valence-corrected chi connectivity index (χ0v) is 40.5. The van der Waals surface area contributed by atoms with Crippen LogP contribution < -0.4 is 31.3 Å². The third-order valence-electron chi connectivity index (χ3n) is 11.0. The molecule has 0 saturated carbocycles. The Kier molecular flexibility index (Phi) is 25.2. The van der Waals surface area contributed by atoms with E-state index < -0.39 is 5.95 Å². The van der Waals surface area contributed by atoms with Crippen LogP contribution >= 0.6 is 0 Å². The highest BCUT2D eigenvalue weighted by Gasteiger charge is 2.35. The molecular weight excluding hydrogens is 926 g/mol. The minimum atomic E-state index is -0.659. The molecule has 2 aliphatic rings. The van der Waals surface area contributed by atoms with Crippen LogP contribution in [0.5, 0.6) is 5.75 Å². The number of hydrogen-bond donors (Lipinski definition) is 4. The Morgan fingerprint density at radius 2 is 1.23 bits per heavy atom. The van der Waals surface area contributed by atoms with Gasteiger partial charge in [-0.25, -0.2) is 4.98 Å². The number of carbonyl (C=O) groups is 5. The summed E-state index contributed by atoms with van der Waals surface area (Å²) in [6, 6.07) is 18.4. The second-order valence-electron chi connectivity index (χ2n) is 16.2. The summed E-state index contributed by atoms with van der Waals surface area (Å²) >= 11 is 0. The predicted molar refractivity (Wildman–Crippen MR) is 259 cm³/mol. The molecule has 3 heterocycles. The van der Waals surface area contributed by atoms with Crippen LogP contribution in [0.15, 0.2) is 66.9 Å². The van der Waals surface area contributed by atoms with Gasteiger partial charge in [0.25, 0.3) is 5.95 Å². The van der Waals surface area contributed by atoms with E-state index in [1.807, 2.05) is 48.5 Å². The highest BCUT2D eigenvalue weighted by Crippen LogP contribution is 2.35. The lowest BCUT2D eigenvalue weighted by molar-refractivity contribution is -0.139. The van der Waals surface area contributed by atoms with Crippen molar-refractivity contribution in [2.24, 2.45) is 11.7 Å². The maximum atomic E-state index is 13.8. The van der Waals surface area contributed by atoms with E-state index in [4.69, 9.17) is 43.6 Å². The summed E-state index contributed by atoms with van der Waals surface area (Å²) in [6.07, 6.45) is 1.81. The van der Waals surface area contributed by atoms with Crippen molar-refractivity contribution in [2.45, 2.75) is 39.2 Å². The fourth-order valence-corrected chi connectivity index (χ4v) is 7.37. The first-order valence-corrected chi connectivity index (χ1v) is 24.0.